The second-order valence-corrected chi connectivity index (χ2v) is 12.7. The van der Waals surface area contributed by atoms with Crippen LogP contribution in [0.1, 0.15) is 56.6 Å². The minimum atomic E-state index is -4.27. The van der Waals surface area contributed by atoms with E-state index >= 15 is 0 Å². The van der Waals surface area contributed by atoms with E-state index in [1.54, 1.807) is 0 Å². The zero-order valence-corrected chi connectivity index (χ0v) is 25.8. The van der Waals surface area contributed by atoms with Crippen molar-refractivity contribution in [2.24, 2.45) is 0 Å². The number of amides is 2. The van der Waals surface area contributed by atoms with Gasteiger partial charge in [-0.05, 0) is 85.8 Å². The SMILES string of the molecule is CCC(C(=O)NC1CCCCC1)N(Cc1ccccc1C)C(=O)CN(c1ccc(F)cc1)S(=O)(=O)c1ccc(OC)cc1. The highest BCUT2D eigenvalue weighted by Crippen LogP contribution is 2.27. The summed E-state index contributed by atoms with van der Waals surface area (Å²) in [4.78, 5) is 29.3. The van der Waals surface area contributed by atoms with Gasteiger partial charge in [-0.25, -0.2) is 12.8 Å². The number of ether oxygens (including phenoxy) is 1. The van der Waals surface area contributed by atoms with Crippen molar-refractivity contribution in [3.63, 3.8) is 0 Å². The third-order valence-electron chi connectivity index (χ3n) is 7.98. The summed E-state index contributed by atoms with van der Waals surface area (Å²) in [5.74, 6) is -0.857. The Kier molecular flexibility index (Phi) is 10.8. The maximum absolute atomic E-state index is 14.2. The van der Waals surface area contributed by atoms with Crippen LogP contribution in [0, 0.1) is 12.7 Å². The first-order valence-electron chi connectivity index (χ1n) is 14.7. The maximum atomic E-state index is 14.2. The number of nitrogens with zero attached hydrogens (tertiary/aromatic N) is 2. The molecule has 0 spiro atoms. The number of sulfonamides is 1. The van der Waals surface area contributed by atoms with E-state index in [0.29, 0.717) is 12.2 Å². The molecule has 0 aromatic heterocycles. The molecule has 230 valence electrons. The predicted octanol–water partition coefficient (Wildman–Crippen LogP) is 5.59. The van der Waals surface area contributed by atoms with Crippen LogP contribution >= 0.6 is 0 Å². The highest BCUT2D eigenvalue weighted by Gasteiger charge is 2.34. The van der Waals surface area contributed by atoms with Gasteiger partial charge >= 0.3 is 0 Å². The molecule has 2 amide bonds. The third-order valence-corrected chi connectivity index (χ3v) is 9.77. The molecule has 3 aromatic carbocycles. The van der Waals surface area contributed by atoms with Gasteiger partial charge in [-0.1, -0.05) is 50.5 Å². The Balaban J connectivity index is 1.71. The van der Waals surface area contributed by atoms with Gasteiger partial charge in [0, 0.05) is 12.6 Å². The lowest BCUT2D eigenvalue weighted by molar-refractivity contribution is -0.140. The molecule has 4 rings (SSSR count). The fourth-order valence-corrected chi connectivity index (χ4v) is 6.86. The first kappa shape index (κ1) is 32.0. The highest BCUT2D eigenvalue weighted by atomic mass is 32.2. The Hall–Kier alpha value is -3.92. The van der Waals surface area contributed by atoms with Gasteiger partial charge in [0.05, 0.1) is 17.7 Å². The summed E-state index contributed by atoms with van der Waals surface area (Å²) in [6.45, 7) is 3.32. The highest BCUT2D eigenvalue weighted by molar-refractivity contribution is 7.92. The summed E-state index contributed by atoms with van der Waals surface area (Å²) in [5, 5.41) is 3.15. The monoisotopic (exact) mass is 609 g/mol. The van der Waals surface area contributed by atoms with Crippen molar-refractivity contribution in [1.29, 1.82) is 0 Å². The van der Waals surface area contributed by atoms with Gasteiger partial charge in [-0.15, -0.1) is 0 Å². The molecule has 3 aromatic rings. The summed E-state index contributed by atoms with van der Waals surface area (Å²) in [5.41, 5.74) is 1.93. The summed E-state index contributed by atoms with van der Waals surface area (Å²) in [6.07, 6.45) is 5.37. The van der Waals surface area contributed by atoms with Crippen molar-refractivity contribution in [3.8, 4) is 5.75 Å². The summed E-state index contributed by atoms with van der Waals surface area (Å²) in [6, 6.07) is 17.6. The minimum Gasteiger partial charge on any atom is -0.497 e. The zero-order chi connectivity index (χ0) is 31.0. The number of hydrogen-bond acceptors (Lipinski definition) is 5. The van der Waals surface area contributed by atoms with E-state index in [-0.39, 0.29) is 29.1 Å². The number of benzene rings is 3. The van der Waals surface area contributed by atoms with Crippen molar-refractivity contribution in [3.05, 3.63) is 89.7 Å². The van der Waals surface area contributed by atoms with Crippen LogP contribution in [-0.4, -0.2) is 50.9 Å². The van der Waals surface area contributed by atoms with Crippen molar-refractivity contribution in [1.82, 2.24) is 10.2 Å². The average Bonchev–Trinajstić information content (AvgIpc) is 3.01. The van der Waals surface area contributed by atoms with Crippen LogP contribution in [0.15, 0.2) is 77.7 Å². The standard InChI is InChI=1S/C33H40FN3O5S/c1-4-31(33(39)35-27-12-6-5-7-13-27)36(22-25-11-9-8-10-24(25)2)32(38)23-37(28-16-14-26(34)15-17-28)43(40,41)30-20-18-29(42-3)19-21-30/h8-11,14-21,27,31H,4-7,12-13,22-23H2,1-3H3,(H,35,39). The van der Waals surface area contributed by atoms with Crippen LogP contribution < -0.4 is 14.4 Å². The zero-order valence-electron chi connectivity index (χ0n) is 25.0. The van der Waals surface area contributed by atoms with Crippen molar-refractivity contribution in [2.45, 2.75) is 75.9 Å². The van der Waals surface area contributed by atoms with Crippen LogP contribution in [0.2, 0.25) is 0 Å². The molecule has 1 unspecified atom stereocenters. The molecular formula is C33H40FN3O5S. The minimum absolute atomic E-state index is 0.0527. The van der Waals surface area contributed by atoms with Gasteiger partial charge in [0.1, 0.15) is 24.2 Å². The van der Waals surface area contributed by atoms with Crippen LogP contribution in [0.25, 0.3) is 0 Å². The second-order valence-electron chi connectivity index (χ2n) is 10.9. The van der Waals surface area contributed by atoms with Gasteiger partial charge in [0.25, 0.3) is 10.0 Å². The van der Waals surface area contributed by atoms with Crippen molar-refractivity contribution < 1.29 is 27.1 Å². The number of hydrogen-bond donors (Lipinski definition) is 1. The average molecular weight is 610 g/mol. The van der Waals surface area contributed by atoms with E-state index in [0.717, 1.165) is 59.7 Å². The lowest BCUT2D eigenvalue weighted by atomic mass is 9.95. The number of methoxy groups -OCH3 is 1. The smallest absolute Gasteiger partial charge is 0.264 e. The normalized spacial score (nSPS) is 14.5. The van der Waals surface area contributed by atoms with E-state index in [1.165, 1.54) is 48.4 Å². The molecule has 1 fully saturated rings. The molecule has 0 aliphatic heterocycles. The number of carbonyl (C=O) groups is 2. The molecule has 0 saturated heterocycles. The maximum Gasteiger partial charge on any atom is 0.264 e. The van der Waals surface area contributed by atoms with E-state index in [9.17, 15) is 22.4 Å². The summed E-state index contributed by atoms with van der Waals surface area (Å²) < 4.78 is 47.9. The fourth-order valence-electron chi connectivity index (χ4n) is 5.45. The van der Waals surface area contributed by atoms with E-state index < -0.39 is 34.3 Å². The topological polar surface area (TPSA) is 96.0 Å². The van der Waals surface area contributed by atoms with Gasteiger partial charge in [0.2, 0.25) is 11.8 Å². The second kappa shape index (κ2) is 14.5. The largest absolute Gasteiger partial charge is 0.497 e. The molecule has 1 aliphatic rings. The van der Waals surface area contributed by atoms with E-state index in [1.807, 2.05) is 38.1 Å². The van der Waals surface area contributed by atoms with Crippen LogP contribution in [0.4, 0.5) is 10.1 Å². The number of nitrogens with one attached hydrogen (secondary N) is 1. The lowest BCUT2D eigenvalue weighted by Crippen LogP contribution is -2.54. The lowest BCUT2D eigenvalue weighted by Gasteiger charge is -2.34. The van der Waals surface area contributed by atoms with Crippen LogP contribution in [-0.2, 0) is 26.2 Å². The van der Waals surface area contributed by atoms with Gasteiger partial charge in [0.15, 0.2) is 0 Å². The predicted molar refractivity (Wildman–Crippen MR) is 165 cm³/mol. The van der Waals surface area contributed by atoms with Crippen LogP contribution in [0.3, 0.4) is 0 Å². The van der Waals surface area contributed by atoms with E-state index in [4.69, 9.17) is 4.74 Å². The molecule has 0 heterocycles. The molecule has 1 saturated carbocycles. The van der Waals surface area contributed by atoms with Crippen molar-refractivity contribution >= 4 is 27.5 Å². The Labute approximate surface area is 253 Å². The molecule has 43 heavy (non-hydrogen) atoms. The molecule has 8 nitrogen and oxygen atoms in total. The number of aryl methyl sites for hydroxylation is 1. The Morgan fingerprint density at radius 3 is 2.23 bits per heavy atom. The number of halogens is 1. The van der Waals surface area contributed by atoms with Gasteiger partial charge < -0.3 is 15.0 Å². The molecule has 1 aliphatic carbocycles. The van der Waals surface area contributed by atoms with Gasteiger partial charge in [-0.3, -0.25) is 13.9 Å². The molecule has 1 atom stereocenters. The molecule has 0 radical (unpaired) electrons. The molecule has 0 bridgehead atoms. The number of anilines is 1. The molecule has 10 heteroatoms. The Bertz CT molecular complexity index is 1490. The van der Waals surface area contributed by atoms with Crippen molar-refractivity contribution in [2.75, 3.05) is 18.0 Å². The van der Waals surface area contributed by atoms with Crippen LogP contribution in [0.5, 0.6) is 5.75 Å². The number of carbonyl (C=O) groups excluding carboxylic acids is 2. The summed E-state index contributed by atoms with van der Waals surface area (Å²) >= 11 is 0. The Morgan fingerprint density at radius 1 is 0.977 bits per heavy atom. The first-order valence-corrected chi connectivity index (χ1v) is 16.1. The third kappa shape index (κ3) is 7.93. The fraction of sp³-hybridized carbons (Fsp3) is 0.394. The molecular weight excluding hydrogens is 569 g/mol. The summed E-state index contributed by atoms with van der Waals surface area (Å²) in [7, 11) is -2.79. The Morgan fingerprint density at radius 2 is 1.63 bits per heavy atom. The first-order chi connectivity index (χ1) is 20.6. The molecule has 1 N–H and O–H groups in total. The van der Waals surface area contributed by atoms with Gasteiger partial charge in [-0.2, -0.15) is 0 Å². The quantitative estimate of drug-likeness (QED) is 0.289. The number of rotatable bonds is 12. The van der Waals surface area contributed by atoms with E-state index in [2.05, 4.69) is 5.32 Å².